The second-order valence-corrected chi connectivity index (χ2v) is 2.65. The molecule has 14 heavy (non-hydrogen) atoms. The molecule has 0 aromatic heterocycles. The molecular weight excluding hydrogens is 196 g/mol. The molecule has 0 bridgehead atoms. The summed E-state index contributed by atoms with van der Waals surface area (Å²) in [5, 5.41) is 2.19. The zero-order valence-corrected chi connectivity index (χ0v) is 7.80. The van der Waals surface area contributed by atoms with E-state index in [9.17, 15) is 18.4 Å². The van der Waals surface area contributed by atoms with Crippen molar-refractivity contribution in [1.82, 2.24) is 10.2 Å². The number of hydrogen-bond acceptors (Lipinski definition) is 3. The van der Waals surface area contributed by atoms with Gasteiger partial charge in [-0.3, -0.25) is 9.59 Å². The van der Waals surface area contributed by atoms with Gasteiger partial charge in [0.05, 0.1) is 19.6 Å². The fourth-order valence-corrected chi connectivity index (χ4v) is 0.690. The Bertz CT molecular complexity index is 211. The Morgan fingerprint density at radius 3 is 2.50 bits per heavy atom. The molecule has 0 heterocycles. The summed E-state index contributed by atoms with van der Waals surface area (Å²) in [5.41, 5.74) is 4.96. The number of rotatable bonds is 5. The van der Waals surface area contributed by atoms with Crippen molar-refractivity contribution in [2.75, 3.05) is 26.7 Å². The van der Waals surface area contributed by atoms with Gasteiger partial charge in [-0.1, -0.05) is 0 Å². The van der Waals surface area contributed by atoms with Crippen LogP contribution < -0.4 is 11.1 Å². The van der Waals surface area contributed by atoms with Gasteiger partial charge < -0.3 is 16.0 Å². The first kappa shape index (κ1) is 12.8. The summed E-state index contributed by atoms with van der Waals surface area (Å²) in [5.74, 6) is -1.07. The highest BCUT2D eigenvalue weighted by Gasteiger charge is 2.13. The molecule has 0 atom stereocenters. The Balaban J connectivity index is 3.78. The Morgan fingerprint density at radius 1 is 1.50 bits per heavy atom. The maximum absolute atomic E-state index is 11.8. The average molecular weight is 209 g/mol. The third kappa shape index (κ3) is 5.41. The van der Waals surface area contributed by atoms with E-state index in [1.54, 1.807) is 0 Å². The molecule has 7 heteroatoms. The van der Waals surface area contributed by atoms with E-state index in [4.69, 9.17) is 5.73 Å². The number of nitrogens with two attached hydrogens (primary N) is 1. The molecule has 0 radical (unpaired) electrons. The summed E-state index contributed by atoms with van der Waals surface area (Å²) >= 11 is 0. The summed E-state index contributed by atoms with van der Waals surface area (Å²) in [6.07, 6.45) is -2.57. The zero-order valence-electron chi connectivity index (χ0n) is 7.80. The maximum Gasteiger partial charge on any atom is 0.255 e. The molecule has 0 aromatic carbocycles. The number of alkyl halides is 2. The predicted octanol–water partition coefficient (Wildman–Crippen LogP) is -1.22. The number of nitrogens with one attached hydrogen (secondary N) is 1. The van der Waals surface area contributed by atoms with Gasteiger partial charge in [0.15, 0.2) is 0 Å². The summed E-state index contributed by atoms with van der Waals surface area (Å²) in [7, 11) is 1.24. The Hall–Kier alpha value is -1.24. The number of hydrogen-bond donors (Lipinski definition) is 2. The molecule has 5 nitrogen and oxygen atoms in total. The number of likely N-dealkylation sites (N-methyl/N-ethyl adjacent to an activating group) is 1. The average Bonchev–Trinajstić information content (AvgIpc) is 2.12. The molecule has 0 unspecified atom stereocenters. The lowest BCUT2D eigenvalue weighted by Crippen LogP contribution is -2.41. The SMILES string of the molecule is CN(CC(F)F)C(=O)CNC(=O)CN. The number of carbonyl (C=O) groups excluding carboxylic acids is 2. The van der Waals surface area contributed by atoms with Crippen LogP contribution in [0.15, 0.2) is 0 Å². The molecule has 0 aliphatic carbocycles. The van der Waals surface area contributed by atoms with E-state index in [1.807, 2.05) is 0 Å². The third-order valence-electron chi connectivity index (χ3n) is 1.46. The van der Waals surface area contributed by atoms with Crippen LogP contribution in [0.3, 0.4) is 0 Å². The van der Waals surface area contributed by atoms with Gasteiger partial charge in [0, 0.05) is 7.05 Å². The van der Waals surface area contributed by atoms with Gasteiger partial charge in [0.1, 0.15) is 0 Å². The lowest BCUT2D eigenvalue weighted by Gasteiger charge is -2.16. The van der Waals surface area contributed by atoms with E-state index < -0.39 is 24.8 Å². The van der Waals surface area contributed by atoms with Crippen LogP contribution in [0, 0.1) is 0 Å². The Labute approximate surface area is 80.2 Å². The van der Waals surface area contributed by atoms with Crippen LogP contribution in [-0.4, -0.2) is 49.8 Å². The highest BCUT2D eigenvalue weighted by molar-refractivity contribution is 5.85. The smallest absolute Gasteiger partial charge is 0.255 e. The van der Waals surface area contributed by atoms with E-state index in [-0.39, 0.29) is 13.1 Å². The van der Waals surface area contributed by atoms with Crippen molar-refractivity contribution >= 4 is 11.8 Å². The van der Waals surface area contributed by atoms with Crippen molar-refractivity contribution in [3.05, 3.63) is 0 Å². The van der Waals surface area contributed by atoms with Gasteiger partial charge in [-0.2, -0.15) is 0 Å². The summed E-state index contributed by atoms with van der Waals surface area (Å²) in [6, 6.07) is 0. The van der Waals surface area contributed by atoms with Crippen molar-refractivity contribution in [2.45, 2.75) is 6.43 Å². The van der Waals surface area contributed by atoms with Crippen molar-refractivity contribution in [3.63, 3.8) is 0 Å². The van der Waals surface area contributed by atoms with Crippen LogP contribution >= 0.6 is 0 Å². The largest absolute Gasteiger partial charge is 0.346 e. The fourth-order valence-electron chi connectivity index (χ4n) is 0.690. The van der Waals surface area contributed by atoms with Crippen LogP contribution in [0.4, 0.5) is 8.78 Å². The number of amides is 2. The molecule has 0 aromatic rings. The Morgan fingerprint density at radius 2 is 2.07 bits per heavy atom. The van der Waals surface area contributed by atoms with Gasteiger partial charge in [-0.05, 0) is 0 Å². The Kier molecular flexibility index (Phi) is 5.70. The first-order chi connectivity index (χ1) is 6.47. The summed E-state index contributed by atoms with van der Waals surface area (Å²) < 4.78 is 23.6. The monoisotopic (exact) mass is 209 g/mol. The fraction of sp³-hybridized carbons (Fsp3) is 0.714. The molecule has 0 spiro atoms. The molecule has 3 N–H and O–H groups in total. The molecule has 0 saturated carbocycles. The second kappa shape index (κ2) is 6.25. The van der Waals surface area contributed by atoms with E-state index in [0.29, 0.717) is 0 Å². The summed E-state index contributed by atoms with van der Waals surface area (Å²) in [6.45, 7) is -1.18. The second-order valence-electron chi connectivity index (χ2n) is 2.65. The third-order valence-corrected chi connectivity index (χ3v) is 1.46. The van der Waals surface area contributed by atoms with Crippen LogP contribution in [-0.2, 0) is 9.59 Å². The van der Waals surface area contributed by atoms with E-state index in [2.05, 4.69) is 5.32 Å². The highest BCUT2D eigenvalue weighted by atomic mass is 19.3. The number of nitrogens with zero attached hydrogens (tertiary/aromatic N) is 1. The lowest BCUT2D eigenvalue weighted by molar-refractivity contribution is -0.132. The van der Waals surface area contributed by atoms with Gasteiger partial charge in [0.25, 0.3) is 6.43 Å². The molecule has 0 aliphatic rings. The van der Waals surface area contributed by atoms with Crippen molar-refractivity contribution in [2.24, 2.45) is 5.73 Å². The molecule has 0 fully saturated rings. The predicted molar refractivity (Wildman–Crippen MR) is 45.7 cm³/mol. The highest BCUT2D eigenvalue weighted by Crippen LogP contribution is 1.95. The standard InChI is InChI=1S/C7H13F2N3O2/c1-12(4-5(8)9)7(14)3-11-6(13)2-10/h5H,2-4,10H2,1H3,(H,11,13). The lowest BCUT2D eigenvalue weighted by atomic mass is 10.4. The number of halogens is 2. The molecule has 0 saturated heterocycles. The minimum absolute atomic E-state index is 0.230. The normalized spacial score (nSPS) is 10.1. The first-order valence-electron chi connectivity index (χ1n) is 3.96. The van der Waals surface area contributed by atoms with Gasteiger partial charge >= 0.3 is 0 Å². The maximum atomic E-state index is 11.8. The van der Waals surface area contributed by atoms with Crippen molar-refractivity contribution in [3.8, 4) is 0 Å². The van der Waals surface area contributed by atoms with Crippen LogP contribution in [0.2, 0.25) is 0 Å². The minimum Gasteiger partial charge on any atom is -0.346 e. The molecule has 82 valence electrons. The summed E-state index contributed by atoms with van der Waals surface area (Å²) in [4.78, 5) is 22.5. The number of carbonyl (C=O) groups is 2. The quantitative estimate of drug-likeness (QED) is 0.596. The molecular formula is C7H13F2N3O2. The van der Waals surface area contributed by atoms with Crippen molar-refractivity contribution in [1.29, 1.82) is 0 Å². The van der Waals surface area contributed by atoms with Crippen LogP contribution in [0.1, 0.15) is 0 Å². The van der Waals surface area contributed by atoms with Gasteiger partial charge in [-0.15, -0.1) is 0 Å². The van der Waals surface area contributed by atoms with Crippen molar-refractivity contribution < 1.29 is 18.4 Å². The van der Waals surface area contributed by atoms with Gasteiger partial charge in [-0.25, -0.2) is 8.78 Å². The molecule has 0 rings (SSSR count). The van der Waals surface area contributed by atoms with Crippen LogP contribution in [0.25, 0.3) is 0 Å². The minimum atomic E-state index is -2.57. The van der Waals surface area contributed by atoms with Gasteiger partial charge in [0.2, 0.25) is 11.8 Å². The topological polar surface area (TPSA) is 75.4 Å². The van der Waals surface area contributed by atoms with Crippen LogP contribution in [0.5, 0.6) is 0 Å². The van der Waals surface area contributed by atoms with E-state index in [1.165, 1.54) is 7.05 Å². The molecule has 2 amide bonds. The van der Waals surface area contributed by atoms with E-state index >= 15 is 0 Å². The molecule has 0 aliphatic heterocycles. The first-order valence-corrected chi connectivity index (χ1v) is 3.96. The zero-order chi connectivity index (χ0) is 11.1. The van der Waals surface area contributed by atoms with E-state index in [0.717, 1.165) is 4.90 Å².